The zero-order valence-corrected chi connectivity index (χ0v) is 18.5. The third-order valence-electron chi connectivity index (χ3n) is 5.12. The van der Waals surface area contributed by atoms with Crippen LogP contribution in [0.25, 0.3) is 11.1 Å². The van der Waals surface area contributed by atoms with Crippen molar-refractivity contribution < 1.29 is 14.3 Å². The fraction of sp³-hybridized carbons (Fsp3) is 0.480. The smallest absolute Gasteiger partial charge is 0.308 e. The maximum atomic E-state index is 11.7. The van der Waals surface area contributed by atoms with Crippen LogP contribution in [0.3, 0.4) is 0 Å². The van der Waals surface area contributed by atoms with E-state index in [-0.39, 0.29) is 5.97 Å². The average molecular weight is 411 g/mol. The van der Waals surface area contributed by atoms with Gasteiger partial charge in [-0.25, -0.2) is 0 Å². The molecule has 5 heteroatoms. The molecule has 162 valence electrons. The van der Waals surface area contributed by atoms with Gasteiger partial charge in [-0.15, -0.1) is 0 Å². The summed E-state index contributed by atoms with van der Waals surface area (Å²) in [6.07, 6.45) is 0.307. The molecule has 0 saturated carbocycles. The fourth-order valence-electron chi connectivity index (χ4n) is 3.67. The highest BCUT2D eigenvalue weighted by atomic mass is 16.6. The van der Waals surface area contributed by atoms with Crippen LogP contribution in [0.1, 0.15) is 27.2 Å². The SMILES string of the molecule is CC(C)(C)OC(=O)CCOCCN1CCN(c2ccccc2-c2ccccc2)CC1. The van der Waals surface area contributed by atoms with Crippen LogP contribution < -0.4 is 4.90 Å². The lowest BCUT2D eigenvalue weighted by Crippen LogP contribution is -2.47. The summed E-state index contributed by atoms with van der Waals surface area (Å²) in [5.74, 6) is -0.201. The van der Waals surface area contributed by atoms with E-state index in [2.05, 4.69) is 64.4 Å². The third kappa shape index (κ3) is 6.85. The monoisotopic (exact) mass is 410 g/mol. The van der Waals surface area contributed by atoms with Gasteiger partial charge in [0, 0.05) is 44.0 Å². The molecule has 1 saturated heterocycles. The number of ether oxygens (including phenoxy) is 2. The molecule has 0 aliphatic carbocycles. The second-order valence-electron chi connectivity index (χ2n) is 8.66. The Morgan fingerprint density at radius 3 is 2.27 bits per heavy atom. The number of rotatable bonds is 8. The summed E-state index contributed by atoms with van der Waals surface area (Å²) in [6.45, 7) is 11.6. The minimum atomic E-state index is -0.435. The Bertz CT molecular complexity index is 794. The number of piperazine rings is 1. The van der Waals surface area contributed by atoms with Crippen LogP contribution >= 0.6 is 0 Å². The maximum absolute atomic E-state index is 11.7. The van der Waals surface area contributed by atoms with Crippen molar-refractivity contribution in [1.29, 1.82) is 0 Å². The molecule has 1 heterocycles. The summed E-state index contributed by atoms with van der Waals surface area (Å²) in [7, 11) is 0. The van der Waals surface area contributed by atoms with Gasteiger partial charge < -0.3 is 14.4 Å². The molecule has 2 aromatic carbocycles. The van der Waals surface area contributed by atoms with Gasteiger partial charge in [0.25, 0.3) is 0 Å². The number of hydrogen-bond donors (Lipinski definition) is 0. The van der Waals surface area contributed by atoms with Gasteiger partial charge in [-0.05, 0) is 32.4 Å². The quantitative estimate of drug-likeness (QED) is 0.481. The zero-order valence-electron chi connectivity index (χ0n) is 18.5. The Morgan fingerprint density at radius 2 is 1.57 bits per heavy atom. The average Bonchev–Trinajstić information content (AvgIpc) is 2.73. The highest BCUT2D eigenvalue weighted by molar-refractivity contribution is 5.78. The van der Waals surface area contributed by atoms with Crippen molar-refractivity contribution in [3.05, 3.63) is 54.6 Å². The molecule has 0 spiro atoms. The third-order valence-corrected chi connectivity index (χ3v) is 5.12. The van der Waals surface area contributed by atoms with Crippen molar-refractivity contribution in [3.8, 4) is 11.1 Å². The van der Waals surface area contributed by atoms with Crippen LogP contribution in [0, 0.1) is 0 Å². The second-order valence-corrected chi connectivity index (χ2v) is 8.66. The number of para-hydroxylation sites is 1. The Morgan fingerprint density at radius 1 is 0.900 bits per heavy atom. The van der Waals surface area contributed by atoms with Crippen LogP contribution in [-0.2, 0) is 14.3 Å². The van der Waals surface area contributed by atoms with Gasteiger partial charge in [-0.2, -0.15) is 0 Å². The van der Waals surface area contributed by atoms with Crippen molar-refractivity contribution in [2.45, 2.75) is 32.8 Å². The minimum Gasteiger partial charge on any atom is -0.460 e. The molecule has 3 rings (SSSR count). The summed E-state index contributed by atoms with van der Waals surface area (Å²) in [4.78, 5) is 16.6. The van der Waals surface area contributed by atoms with E-state index in [9.17, 15) is 4.79 Å². The van der Waals surface area contributed by atoms with E-state index < -0.39 is 5.60 Å². The standard InChI is InChI=1S/C25H34N2O3/c1-25(2,3)30-24(28)13-19-29-20-18-26-14-16-27(17-15-26)23-12-8-7-11-22(23)21-9-5-4-6-10-21/h4-12H,13-20H2,1-3H3. The summed E-state index contributed by atoms with van der Waals surface area (Å²) in [6, 6.07) is 19.2. The first kappa shape index (κ1) is 22.3. The summed E-state index contributed by atoms with van der Waals surface area (Å²) in [5, 5.41) is 0. The van der Waals surface area contributed by atoms with Crippen LogP contribution in [0.2, 0.25) is 0 Å². The second kappa shape index (κ2) is 10.6. The Kier molecular flexibility index (Phi) is 7.88. The molecule has 0 bridgehead atoms. The normalized spacial score (nSPS) is 15.2. The Hall–Kier alpha value is -2.37. The van der Waals surface area contributed by atoms with Gasteiger partial charge >= 0.3 is 5.97 Å². The molecule has 0 unspecified atom stereocenters. The molecule has 1 aliphatic heterocycles. The lowest BCUT2D eigenvalue weighted by atomic mass is 10.0. The van der Waals surface area contributed by atoms with Gasteiger partial charge in [0.05, 0.1) is 19.6 Å². The molecular weight excluding hydrogens is 376 g/mol. The summed E-state index contributed by atoms with van der Waals surface area (Å²) >= 11 is 0. The minimum absolute atomic E-state index is 0.201. The molecule has 0 atom stereocenters. The van der Waals surface area contributed by atoms with Crippen molar-refractivity contribution in [2.24, 2.45) is 0 Å². The van der Waals surface area contributed by atoms with Gasteiger partial charge in [-0.1, -0.05) is 48.5 Å². The topological polar surface area (TPSA) is 42.0 Å². The van der Waals surface area contributed by atoms with Gasteiger partial charge in [0.2, 0.25) is 0 Å². The number of hydrogen-bond acceptors (Lipinski definition) is 5. The van der Waals surface area contributed by atoms with E-state index in [1.54, 1.807) is 0 Å². The molecule has 0 amide bonds. The van der Waals surface area contributed by atoms with Crippen molar-refractivity contribution in [1.82, 2.24) is 4.90 Å². The van der Waals surface area contributed by atoms with E-state index in [0.717, 1.165) is 32.7 Å². The number of nitrogens with zero attached hydrogens (tertiary/aromatic N) is 2. The maximum Gasteiger partial charge on any atom is 0.308 e. The number of carbonyl (C=O) groups is 1. The molecule has 1 fully saturated rings. The number of anilines is 1. The first-order valence-corrected chi connectivity index (χ1v) is 10.8. The first-order chi connectivity index (χ1) is 14.4. The fourth-order valence-corrected chi connectivity index (χ4v) is 3.67. The van der Waals surface area contributed by atoms with E-state index in [1.165, 1.54) is 16.8 Å². The molecule has 0 aromatic heterocycles. The molecule has 0 radical (unpaired) electrons. The van der Waals surface area contributed by atoms with E-state index in [4.69, 9.17) is 9.47 Å². The van der Waals surface area contributed by atoms with Crippen LogP contribution in [0.4, 0.5) is 5.69 Å². The number of esters is 1. The summed E-state index contributed by atoms with van der Waals surface area (Å²) < 4.78 is 10.9. The van der Waals surface area contributed by atoms with Crippen LogP contribution in [0.5, 0.6) is 0 Å². The van der Waals surface area contributed by atoms with E-state index in [1.807, 2.05) is 20.8 Å². The highest BCUT2D eigenvalue weighted by Crippen LogP contribution is 2.31. The number of benzene rings is 2. The molecule has 2 aromatic rings. The highest BCUT2D eigenvalue weighted by Gasteiger charge is 2.19. The molecule has 1 aliphatic rings. The number of carbonyl (C=O) groups excluding carboxylic acids is 1. The predicted molar refractivity (Wildman–Crippen MR) is 122 cm³/mol. The van der Waals surface area contributed by atoms with Crippen molar-refractivity contribution in [2.75, 3.05) is 50.8 Å². The molecular formula is C25H34N2O3. The molecule has 30 heavy (non-hydrogen) atoms. The lowest BCUT2D eigenvalue weighted by Gasteiger charge is -2.37. The largest absolute Gasteiger partial charge is 0.460 e. The zero-order chi connectivity index (χ0) is 21.4. The van der Waals surface area contributed by atoms with Gasteiger partial charge in [-0.3, -0.25) is 9.69 Å². The molecule has 5 nitrogen and oxygen atoms in total. The van der Waals surface area contributed by atoms with Crippen molar-refractivity contribution in [3.63, 3.8) is 0 Å². The van der Waals surface area contributed by atoms with Gasteiger partial charge in [0.1, 0.15) is 5.60 Å². The van der Waals surface area contributed by atoms with Crippen molar-refractivity contribution >= 4 is 11.7 Å². The van der Waals surface area contributed by atoms with Gasteiger partial charge in [0.15, 0.2) is 0 Å². The van der Waals surface area contributed by atoms with E-state index >= 15 is 0 Å². The first-order valence-electron chi connectivity index (χ1n) is 10.8. The Balaban J connectivity index is 1.40. The van der Waals surface area contributed by atoms with Crippen LogP contribution in [-0.4, -0.2) is 62.4 Å². The molecule has 0 N–H and O–H groups in total. The Labute approximate surface area is 180 Å². The lowest BCUT2D eigenvalue weighted by molar-refractivity contribution is -0.156. The summed E-state index contributed by atoms with van der Waals surface area (Å²) in [5.41, 5.74) is 3.42. The van der Waals surface area contributed by atoms with E-state index in [0.29, 0.717) is 19.6 Å². The van der Waals surface area contributed by atoms with Crippen LogP contribution in [0.15, 0.2) is 54.6 Å². The predicted octanol–water partition coefficient (Wildman–Crippen LogP) is 4.22.